The van der Waals surface area contributed by atoms with Gasteiger partial charge in [-0.05, 0) is 24.5 Å². The quantitative estimate of drug-likeness (QED) is 0.595. The number of thiazole rings is 1. The van der Waals surface area contributed by atoms with E-state index in [0.717, 1.165) is 22.6 Å². The van der Waals surface area contributed by atoms with E-state index in [0.29, 0.717) is 15.9 Å². The SMILES string of the molecule is CC.CCc1nc2c(s1)c(O)c(-c1ccccc1C)c(=O)n2C.[CH3-].[Y]. The summed E-state index contributed by atoms with van der Waals surface area (Å²) in [6, 6.07) is 7.58. The van der Waals surface area contributed by atoms with Gasteiger partial charge in [0.1, 0.15) is 10.4 Å². The van der Waals surface area contributed by atoms with Crippen LogP contribution in [0.15, 0.2) is 29.1 Å². The first-order chi connectivity index (χ1) is 11.0. The van der Waals surface area contributed by atoms with Gasteiger partial charge in [-0.15, -0.1) is 11.3 Å². The zero-order valence-corrected chi connectivity index (χ0v) is 19.4. The molecular weight excluding hydrogens is 409 g/mol. The number of fused-ring (bicyclic) bond motifs is 1. The summed E-state index contributed by atoms with van der Waals surface area (Å²) in [6.45, 7) is 7.94. The van der Waals surface area contributed by atoms with Crippen LogP contribution >= 0.6 is 11.3 Å². The van der Waals surface area contributed by atoms with E-state index in [2.05, 4.69) is 4.98 Å². The van der Waals surface area contributed by atoms with Gasteiger partial charge in [0.05, 0.1) is 10.6 Å². The molecule has 6 heteroatoms. The summed E-state index contributed by atoms with van der Waals surface area (Å²) < 4.78 is 2.19. The van der Waals surface area contributed by atoms with Crippen molar-refractivity contribution < 1.29 is 37.8 Å². The molecule has 0 atom stereocenters. The number of rotatable bonds is 2. The fraction of sp³-hybridized carbons (Fsp3) is 0.316. The van der Waals surface area contributed by atoms with Gasteiger partial charge in [0, 0.05) is 39.8 Å². The van der Waals surface area contributed by atoms with E-state index in [1.807, 2.05) is 52.0 Å². The minimum Gasteiger partial charge on any atom is -0.505 e. The van der Waals surface area contributed by atoms with Gasteiger partial charge < -0.3 is 12.5 Å². The van der Waals surface area contributed by atoms with Crippen molar-refractivity contribution in [1.29, 1.82) is 0 Å². The first kappa shape index (κ1) is 24.0. The van der Waals surface area contributed by atoms with Gasteiger partial charge in [0.25, 0.3) is 5.56 Å². The third-order valence-electron chi connectivity index (χ3n) is 3.66. The fourth-order valence-electron chi connectivity index (χ4n) is 2.46. The molecule has 0 unspecified atom stereocenters. The van der Waals surface area contributed by atoms with Crippen LogP contribution in [0.3, 0.4) is 0 Å². The minimum absolute atomic E-state index is 0. The Morgan fingerprint density at radius 2 is 1.84 bits per heavy atom. The molecule has 133 valence electrons. The Morgan fingerprint density at radius 3 is 2.40 bits per heavy atom. The molecule has 3 rings (SSSR count). The van der Waals surface area contributed by atoms with E-state index in [1.54, 1.807) is 7.05 Å². The molecular formula is C19H25N2O2SY-. The van der Waals surface area contributed by atoms with Gasteiger partial charge >= 0.3 is 0 Å². The molecule has 0 saturated carbocycles. The molecule has 2 aromatic heterocycles. The van der Waals surface area contributed by atoms with Crippen molar-refractivity contribution in [3.63, 3.8) is 0 Å². The van der Waals surface area contributed by atoms with Crippen molar-refractivity contribution in [2.45, 2.75) is 34.1 Å². The zero-order chi connectivity index (χ0) is 17.1. The van der Waals surface area contributed by atoms with E-state index in [9.17, 15) is 9.90 Å². The van der Waals surface area contributed by atoms with E-state index >= 15 is 0 Å². The number of hydrogen-bond acceptors (Lipinski definition) is 4. The molecule has 1 N–H and O–H groups in total. The molecule has 3 aromatic rings. The van der Waals surface area contributed by atoms with Crippen LogP contribution in [0.25, 0.3) is 21.5 Å². The maximum atomic E-state index is 12.6. The Kier molecular flexibility index (Phi) is 9.77. The van der Waals surface area contributed by atoms with Crippen molar-refractivity contribution in [3.8, 4) is 16.9 Å². The topological polar surface area (TPSA) is 55.1 Å². The Bertz CT molecular complexity index is 900. The maximum absolute atomic E-state index is 12.6. The number of aromatic hydroxyl groups is 1. The van der Waals surface area contributed by atoms with E-state index in [4.69, 9.17) is 0 Å². The summed E-state index contributed by atoms with van der Waals surface area (Å²) in [6.07, 6.45) is 0.784. The minimum atomic E-state index is -0.220. The number of benzene rings is 1. The van der Waals surface area contributed by atoms with Gasteiger partial charge in [-0.3, -0.25) is 9.36 Å². The molecule has 0 fully saturated rings. The molecule has 4 nitrogen and oxygen atoms in total. The summed E-state index contributed by atoms with van der Waals surface area (Å²) >= 11 is 1.44. The molecule has 0 aliphatic rings. The van der Waals surface area contributed by atoms with Gasteiger partial charge in [-0.25, -0.2) is 4.98 Å². The Balaban J connectivity index is 0.00000139. The number of aromatic nitrogens is 2. The van der Waals surface area contributed by atoms with Crippen molar-refractivity contribution in [2.75, 3.05) is 0 Å². The van der Waals surface area contributed by atoms with Crippen LogP contribution in [0.4, 0.5) is 0 Å². The van der Waals surface area contributed by atoms with Crippen molar-refractivity contribution in [3.05, 3.63) is 52.6 Å². The normalized spacial score (nSPS) is 9.64. The second-order valence-electron chi connectivity index (χ2n) is 5.02. The van der Waals surface area contributed by atoms with Crippen molar-refractivity contribution in [1.82, 2.24) is 9.55 Å². The van der Waals surface area contributed by atoms with Crippen LogP contribution in [0.5, 0.6) is 5.75 Å². The van der Waals surface area contributed by atoms with E-state index in [-0.39, 0.29) is 51.4 Å². The number of nitrogens with zero attached hydrogens (tertiary/aromatic N) is 2. The van der Waals surface area contributed by atoms with Gasteiger partial charge in [-0.1, -0.05) is 45.0 Å². The smallest absolute Gasteiger partial charge is 0.263 e. The molecule has 0 aliphatic heterocycles. The molecule has 25 heavy (non-hydrogen) atoms. The summed E-state index contributed by atoms with van der Waals surface area (Å²) in [4.78, 5) is 17.1. The standard InChI is InChI=1S/C16H16N2O2S.C2H6.CH3.Y/c1-4-11-17-15-14(21-11)13(19)12(16(20)18(15)3)10-8-6-5-7-9(10)2;1-2;;/h5-8,19H,4H2,1-3H3;1-2H3;1H3;/q;;-1;. The van der Waals surface area contributed by atoms with Crippen LogP contribution in [0.2, 0.25) is 0 Å². The van der Waals surface area contributed by atoms with Crippen LogP contribution in [-0.4, -0.2) is 14.7 Å². The van der Waals surface area contributed by atoms with Gasteiger partial charge in [0.15, 0.2) is 5.65 Å². The predicted molar refractivity (Wildman–Crippen MR) is 104 cm³/mol. The van der Waals surface area contributed by atoms with Crippen molar-refractivity contribution in [2.24, 2.45) is 7.05 Å². The molecule has 0 amide bonds. The maximum Gasteiger partial charge on any atom is 0.263 e. The summed E-state index contributed by atoms with van der Waals surface area (Å²) in [5.74, 6) is 0.0413. The summed E-state index contributed by atoms with van der Waals surface area (Å²) in [5, 5.41) is 11.5. The first-order valence-corrected chi connectivity index (χ1v) is 8.63. The Labute approximate surface area is 178 Å². The molecule has 0 bridgehead atoms. The number of hydrogen-bond donors (Lipinski definition) is 1. The zero-order valence-electron chi connectivity index (χ0n) is 15.8. The number of pyridine rings is 1. The van der Waals surface area contributed by atoms with Gasteiger partial charge in [0.2, 0.25) is 0 Å². The Hall–Kier alpha value is -1.04. The molecule has 0 aliphatic carbocycles. The molecule has 1 aromatic carbocycles. The average Bonchev–Trinajstić information content (AvgIpc) is 3.01. The monoisotopic (exact) mass is 434 g/mol. The van der Waals surface area contributed by atoms with Gasteiger partial charge in [-0.2, -0.15) is 0 Å². The van der Waals surface area contributed by atoms with Crippen LogP contribution in [0, 0.1) is 14.4 Å². The largest absolute Gasteiger partial charge is 0.505 e. The molecule has 2 heterocycles. The summed E-state index contributed by atoms with van der Waals surface area (Å²) in [5.41, 5.74) is 2.42. The van der Waals surface area contributed by atoms with Crippen LogP contribution in [-0.2, 0) is 46.2 Å². The predicted octanol–water partition coefficient (Wildman–Crippen LogP) is 4.71. The van der Waals surface area contributed by atoms with Crippen molar-refractivity contribution >= 4 is 21.7 Å². The summed E-state index contributed by atoms with van der Waals surface area (Å²) in [7, 11) is 1.70. The third kappa shape index (κ3) is 4.39. The van der Waals surface area contributed by atoms with Crippen LogP contribution < -0.4 is 5.56 Å². The fourth-order valence-corrected chi connectivity index (χ4v) is 3.45. The molecule has 0 spiro atoms. The Morgan fingerprint density at radius 1 is 1.24 bits per heavy atom. The van der Waals surface area contributed by atoms with Crippen LogP contribution in [0.1, 0.15) is 31.3 Å². The first-order valence-electron chi connectivity index (χ1n) is 7.82. The molecule has 1 radical (unpaired) electrons. The third-order valence-corrected chi connectivity index (χ3v) is 4.85. The average molecular weight is 434 g/mol. The molecule has 0 saturated heterocycles. The second-order valence-corrected chi connectivity index (χ2v) is 6.10. The second kappa shape index (κ2) is 10.2. The van der Waals surface area contributed by atoms with E-state index in [1.165, 1.54) is 15.9 Å². The number of aryl methyl sites for hydroxylation is 3. The van der Waals surface area contributed by atoms with E-state index < -0.39 is 0 Å².